The maximum Gasteiger partial charge on any atom is 0.323 e. The molecule has 1 heterocycles. The fraction of sp³-hybridized carbons (Fsp3) is 0.417. The van der Waals surface area contributed by atoms with Gasteiger partial charge in [0.05, 0.1) is 0 Å². The summed E-state index contributed by atoms with van der Waals surface area (Å²) in [5.74, 6) is 0.527. The molecular weight excluding hydrogens is 362 g/mol. The van der Waals surface area contributed by atoms with Crippen LogP contribution in [0.3, 0.4) is 0 Å². The Balaban J connectivity index is 1.39. The van der Waals surface area contributed by atoms with Crippen molar-refractivity contribution >= 4 is 23.3 Å². The predicted molar refractivity (Wildman–Crippen MR) is 116 cm³/mol. The molecule has 29 heavy (non-hydrogen) atoms. The summed E-state index contributed by atoms with van der Waals surface area (Å²) in [6.45, 7) is 7.92. The second kappa shape index (κ2) is 7.54. The first-order valence-corrected chi connectivity index (χ1v) is 10.4. The van der Waals surface area contributed by atoms with Crippen LogP contribution in [0.5, 0.6) is 0 Å². The lowest BCUT2D eigenvalue weighted by atomic mass is 9.87. The zero-order valence-electron chi connectivity index (χ0n) is 17.4. The summed E-state index contributed by atoms with van der Waals surface area (Å²) in [4.78, 5) is 26.7. The standard InChI is InChI=1S/C24H29N3O2/c1-24(2,3)19-7-10-20(11-8-19)25-23(29)26-21-9-6-16-12-13-27(15-18(16)14-21)22(28)17-4-5-17/h6-11,14,17H,4-5,12-13,15H2,1-3H3,(H2,25,26,29). The largest absolute Gasteiger partial charge is 0.338 e. The van der Waals surface area contributed by atoms with Crippen LogP contribution in [0.15, 0.2) is 42.5 Å². The van der Waals surface area contributed by atoms with Gasteiger partial charge < -0.3 is 15.5 Å². The van der Waals surface area contributed by atoms with Crippen LogP contribution in [-0.2, 0) is 23.2 Å². The minimum atomic E-state index is -0.268. The minimum Gasteiger partial charge on any atom is -0.338 e. The normalized spacial score (nSPS) is 16.2. The van der Waals surface area contributed by atoms with Crippen LogP contribution < -0.4 is 10.6 Å². The fourth-order valence-electron chi connectivity index (χ4n) is 3.76. The van der Waals surface area contributed by atoms with E-state index >= 15 is 0 Å². The van der Waals surface area contributed by atoms with Gasteiger partial charge >= 0.3 is 6.03 Å². The van der Waals surface area contributed by atoms with Gasteiger partial charge in [0.2, 0.25) is 5.91 Å². The monoisotopic (exact) mass is 391 g/mol. The van der Waals surface area contributed by atoms with Gasteiger partial charge in [-0.3, -0.25) is 4.79 Å². The molecule has 2 aromatic rings. The predicted octanol–water partition coefficient (Wildman–Crippen LogP) is 4.92. The minimum absolute atomic E-state index is 0.0820. The average molecular weight is 392 g/mol. The summed E-state index contributed by atoms with van der Waals surface area (Å²) in [5.41, 5.74) is 5.19. The molecule has 0 aromatic heterocycles. The SMILES string of the molecule is CC(C)(C)c1ccc(NC(=O)Nc2ccc3c(c2)CN(C(=O)C2CC2)CC3)cc1. The Morgan fingerprint density at radius 2 is 1.59 bits per heavy atom. The van der Waals surface area contributed by atoms with E-state index in [9.17, 15) is 9.59 Å². The van der Waals surface area contributed by atoms with Crippen LogP contribution in [0, 0.1) is 5.92 Å². The van der Waals surface area contributed by atoms with Gasteiger partial charge in [0.25, 0.3) is 0 Å². The highest BCUT2D eigenvalue weighted by Crippen LogP contribution is 2.33. The molecule has 2 aliphatic rings. The zero-order valence-corrected chi connectivity index (χ0v) is 17.4. The summed E-state index contributed by atoms with van der Waals surface area (Å²) in [7, 11) is 0. The van der Waals surface area contributed by atoms with Crippen LogP contribution >= 0.6 is 0 Å². The molecule has 5 heteroatoms. The highest BCUT2D eigenvalue weighted by Gasteiger charge is 2.34. The topological polar surface area (TPSA) is 61.4 Å². The number of nitrogens with zero attached hydrogens (tertiary/aromatic N) is 1. The number of carbonyl (C=O) groups excluding carboxylic acids is 2. The molecule has 152 valence electrons. The molecule has 2 aromatic carbocycles. The molecule has 2 N–H and O–H groups in total. The molecule has 4 rings (SSSR count). The Labute approximate surface area is 172 Å². The number of hydrogen-bond donors (Lipinski definition) is 2. The van der Waals surface area contributed by atoms with Crippen molar-refractivity contribution in [3.05, 3.63) is 59.2 Å². The molecule has 0 bridgehead atoms. The van der Waals surface area contributed by atoms with Crippen molar-refractivity contribution in [2.45, 2.75) is 52.0 Å². The second-order valence-electron chi connectivity index (χ2n) is 9.17. The van der Waals surface area contributed by atoms with Crippen molar-refractivity contribution < 1.29 is 9.59 Å². The number of benzene rings is 2. The van der Waals surface area contributed by atoms with Crippen LogP contribution in [0.4, 0.5) is 16.2 Å². The molecule has 0 radical (unpaired) electrons. The van der Waals surface area contributed by atoms with Gasteiger partial charge in [-0.1, -0.05) is 39.0 Å². The molecule has 0 atom stereocenters. The van der Waals surface area contributed by atoms with E-state index in [0.29, 0.717) is 6.54 Å². The van der Waals surface area contributed by atoms with Gasteiger partial charge in [-0.25, -0.2) is 4.79 Å². The molecule has 3 amide bonds. The van der Waals surface area contributed by atoms with Crippen LogP contribution in [0.1, 0.15) is 50.3 Å². The Kier molecular flexibility index (Phi) is 5.07. The summed E-state index contributed by atoms with van der Waals surface area (Å²) >= 11 is 0. The number of hydrogen-bond acceptors (Lipinski definition) is 2. The lowest BCUT2D eigenvalue weighted by molar-refractivity contribution is -0.133. The maximum absolute atomic E-state index is 12.4. The lowest BCUT2D eigenvalue weighted by Crippen LogP contribution is -2.36. The lowest BCUT2D eigenvalue weighted by Gasteiger charge is -2.29. The Morgan fingerprint density at radius 3 is 2.24 bits per heavy atom. The zero-order chi connectivity index (χ0) is 20.6. The van der Waals surface area contributed by atoms with Gasteiger partial charge in [0.1, 0.15) is 0 Å². The number of nitrogens with one attached hydrogen (secondary N) is 2. The van der Waals surface area contributed by atoms with Crippen LogP contribution in [0.2, 0.25) is 0 Å². The van der Waals surface area contributed by atoms with Crippen LogP contribution in [-0.4, -0.2) is 23.4 Å². The van der Waals surface area contributed by atoms with E-state index in [-0.39, 0.29) is 23.3 Å². The van der Waals surface area contributed by atoms with Gasteiger partial charge in [0.15, 0.2) is 0 Å². The van der Waals surface area contributed by atoms with Gasteiger partial charge in [-0.05, 0) is 65.6 Å². The van der Waals surface area contributed by atoms with Crippen molar-refractivity contribution in [1.29, 1.82) is 0 Å². The second-order valence-corrected chi connectivity index (χ2v) is 9.17. The first-order chi connectivity index (χ1) is 13.8. The molecule has 1 aliphatic heterocycles. The van der Waals surface area contributed by atoms with Gasteiger partial charge in [0, 0.05) is 30.4 Å². The third kappa shape index (κ3) is 4.61. The van der Waals surface area contributed by atoms with Crippen molar-refractivity contribution in [2.24, 2.45) is 5.92 Å². The highest BCUT2D eigenvalue weighted by molar-refractivity contribution is 5.99. The summed E-state index contributed by atoms with van der Waals surface area (Å²) in [6.07, 6.45) is 2.93. The molecule has 1 saturated carbocycles. The highest BCUT2D eigenvalue weighted by atomic mass is 16.2. The number of carbonyl (C=O) groups is 2. The van der Waals surface area contributed by atoms with E-state index in [1.54, 1.807) is 0 Å². The smallest absolute Gasteiger partial charge is 0.323 e. The van der Waals surface area contributed by atoms with E-state index in [1.807, 2.05) is 41.3 Å². The number of fused-ring (bicyclic) bond motifs is 1. The van der Waals surface area contributed by atoms with Crippen molar-refractivity contribution in [3.8, 4) is 0 Å². The number of urea groups is 1. The van der Waals surface area contributed by atoms with Crippen molar-refractivity contribution in [3.63, 3.8) is 0 Å². The number of rotatable bonds is 3. The van der Waals surface area contributed by atoms with E-state index in [2.05, 4.69) is 37.5 Å². The van der Waals surface area contributed by atoms with E-state index in [1.165, 1.54) is 11.1 Å². The summed E-state index contributed by atoms with van der Waals surface area (Å²) in [6, 6.07) is 13.6. The third-order valence-electron chi connectivity index (χ3n) is 5.72. The van der Waals surface area contributed by atoms with E-state index < -0.39 is 0 Å². The molecule has 1 fully saturated rings. The summed E-state index contributed by atoms with van der Waals surface area (Å²) in [5, 5.41) is 5.80. The van der Waals surface area contributed by atoms with E-state index in [0.717, 1.165) is 42.7 Å². The fourth-order valence-corrected chi connectivity index (χ4v) is 3.76. The van der Waals surface area contributed by atoms with Gasteiger partial charge in [-0.15, -0.1) is 0 Å². The maximum atomic E-state index is 12.4. The first-order valence-electron chi connectivity index (χ1n) is 10.4. The van der Waals surface area contributed by atoms with Gasteiger partial charge in [-0.2, -0.15) is 0 Å². The quantitative estimate of drug-likeness (QED) is 0.780. The van der Waals surface area contributed by atoms with Crippen molar-refractivity contribution in [1.82, 2.24) is 4.90 Å². The van der Waals surface area contributed by atoms with E-state index in [4.69, 9.17) is 0 Å². The molecule has 1 aliphatic carbocycles. The number of amides is 3. The molecule has 0 unspecified atom stereocenters. The van der Waals surface area contributed by atoms with Crippen molar-refractivity contribution in [2.75, 3.05) is 17.2 Å². The third-order valence-corrected chi connectivity index (χ3v) is 5.72. The molecule has 5 nitrogen and oxygen atoms in total. The Bertz CT molecular complexity index is 924. The molecule has 0 saturated heterocycles. The number of anilines is 2. The average Bonchev–Trinajstić information content (AvgIpc) is 3.52. The molecule has 0 spiro atoms. The first kappa shape index (κ1) is 19.5. The Morgan fingerprint density at radius 1 is 0.931 bits per heavy atom. The Hall–Kier alpha value is -2.82. The molecular formula is C24H29N3O2. The van der Waals surface area contributed by atoms with Crippen LogP contribution in [0.25, 0.3) is 0 Å². The summed E-state index contributed by atoms with van der Waals surface area (Å²) < 4.78 is 0.